The molecule has 0 saturated carbocycles. The Labute approximate surface area is 92.7 Å². The smallest absolute Gasteiger partial charge is 0.427 e. The average molecular weight is 224 g/mol. The van der Waals surface area contributed by atoms with Crippen LogP contribution in [0.15, 0.2) is 18.3 Å². The fraction of sp³-hybridized carbons (Fsp3) is 0.500. The first kappa shape index (κ1) is 10.2. The first-order chi connectivity index (χ1) is 7.62. The zero-order chi connectivity index (χ0) is 11.2. The van der Waals surface area contributed by atoms with Gasteiger partial charge in [0.1, 0.15) is 5.82 Å². The van der Waals surface area contributed by atoms with Gasteiger partial charge in [-0.2, -0.15) is 0 Å². The molecular formula is C10H12BFNO3-. The lowest BCUT2D eigenvalue weighted by Crippen LogP contribution is -2.69. The summed E-state index contributed by atoms with van der Waals surface area (Å²) in [5.41, 5.74) is 0.451. The Kier molecular flexibility index (Phi) is 2.08. The summed E-state index contributed by atoms with van der Waals surface area (Å²) in [5.74, 6) is -0.382. The van der Waals surface area contributed by atoms with E-state index in [1.165, 1.54) is 6.07 Å². The van der Waals surface area contributed by atoms with Crippen molar-refractivity contribution >= 4 is 12.3 Å². The normalized spacial score (nSPS) is 37.6. The van der Waals surface area contributed by atoms with E-state index in [0.29, 0.717) is 25.4 Å². The molecule has 6 heteroatoms. The summed E-state index contributed by atoms with van der Waals surface area (Å²) in [5, 5.41) is 0. The number of fused-ring (bicyclic) bond motifs is 3. The topological polar surface area (TPSA) is 40.6 Å². The van der Waals surface area contributed by atoms with Gasteiger partial charge in [0, 0.05) is 25.2 Å². The molecule has 86 valence electrons. The monoisotopic (exact) mass is 224 g/mol. The Balaban J connectivity index is 1.92. The van der Waals surface area contributed by atoms with Gasteiger partial charge in [-0.05, 0) is 11.7 Å². The van der Waals surface area contributed by atoms with Crippen LogP contribution in [-0.2, 0) is 14.0 Å². The van der Waals surface area contributed by atoms with E-state index in [1.54, 1.807) is 6.07 Å². The molecule has 3 saturated heterocycles. The molecule has 0 spiro atoms. The number of aromatic nitrogens is 1. The van der Waals surface area contributed by atoms with Gasteiger partial charge in [0.15, 0.2) is 0 Å². The van der Waals surface area contributed by atoms with Gasteiger partial charge in [0.25, 0.3) is 0 Å². The minimum Gasteiger partial charge on any atom is -0.539 e. The maximum Gasteiger partial charge on any atom is 0.427 e. The molecule has 2 bridgehead atoms. The van der Waals surface area contributed by atoms with Crippen LogP contribution in [0.1, 0.15) is 6.92 Å². The first-order valence-corrected chi connectivity index (χ1v) is 5.29. The standard InChI is InChI=1S/C10H12BFNO3/c1-10-5-14-11(15-6-10,16-7-10)9-3-2-8(12)4-13-9/h2-4H,5-7H2,1H3/q-1. The van der Waals surface area contributed by atoms with Crippen molar-refractivity contribution in [2.45, 2.75) is 6.92 Å². The van der Waals surface area contributed by atoms with Crippen LogP contribution in [0.4, 0.5) is 4.39 Å². The van der Waals surface area contributed by atoms with Crippen molar-refractivity contribution in [1.29, 1.82) is 0 Å². The van der Waals surface area contributed by atoms with Crippen LogP contribution in [-0.4, -0.2) is 31.6 Å². The van der Waals surface area contributed by atoms with E-state index < -0.39 is 6.75 Å². The Morgan fingerprint density at radius 2 is 1.88 bits per heavy atom. The van der Waals surface area contributed by atoms with Crippen LogP contribution < -0.4 is 5.59 Å². The van der Waals surface area contributed by atoms with Gasteiger partial charge in [-0.25, -0.2) is 4.39 Å². The Morgan fingerprint density at radius 1 is 1.25 bits per heavy atom. The molecule has 4 heterocycles. The number of rotatable bonds is 1. The third kappa shape index (κ3) is 1.45. The summed E-state index contributed by atoms with van der Waals surface area (Å²) in [6, 6.07) is 2.88. The zero-order valence-electron chi connectivity index (χ0n) is 8.98. The maximum absolute atomic E-state index is 12.8. The SMILES string of the molecule is CC12CO[B-](c3ccc(F)cn3)(OC1)OC2. The molecular weight excluding hydrogens is 212 g/mol. The second-order valence-electron chi connectivity index (χ2n) is 4.79. The Morgan fingerprint density at radius 3 is 2.38 bits per heavy atom. The molecule has 4 nitrogen and oxygen atoms in total. The van der Waals surface area contributed by atoms with E-state index in [1.807, 2.05) is 6.92 Å². The fourth-order valence-electron chi connectivity index (χ4n) is 2.05. The van der Waals surface area contributed by atoms with Gasteiger partial charge in [-0.1, -0.05) is 13.0 Å². The van der Waals surface area contributed by atoms with Crippen LogP contribution in [0.5, 0.6) is 0 Å². The predicted octanol–water partition coefficient (Wildman–Crippen LogP) is 0.450. The number of hydrogen-bond donors (Lipinski definition) is 0. The number of nitrogens with zero attached hydrogens (tertiary/aromatic N) is 1. The van der Waals surface area contributed by atoms with E-state index in [2.05, 4.69) is 4.98 Å². The lowest BCUT2D eigenvalue weighted by Gasteiger charge is -2.57. The summed E-state index contributed by atoms with van der Waals surface area (Å²) in [4.78, 5) is 3.97. The van der Waals surface area contributed by atoms with Gasteiger partial charge in [-0.3, -0.25) is 4.98 Å². The highest BCUT2D eigenvalue weighted by atomic mass is 19.1. The van der Waals surface area contributed by atoms with Crippen molar-refractivity contribution in [2.75, 3.05) is 19.8 Å². The van der Waals surface area contributed by atoms with E-state index in [9.17, 15) is 4.39 Å². The number of halogens is 1. The van der Waals surface area contributed by atoms with Crippen LogP contribution in [0.3, 0.4) is 0 Å². The van der Waals surface area contributed by atoms with E-state index in [4.69, 9.17) is 14.0 Å². The molecule has 0 aromatic carbocycles. The molecule has 4 rings (SSSR count). The van der Waals surface area contributed by atoms with Crippen LogP contribution >= 0.6 is 0 Å². The minimum absolute atomic E-state index is 0.0659. The summed E-state index contributed by atoms with van der Waals surface area (Å²) >= 11 is 0. The molecule has 1 aromatic heterocycles. The highest BCUT2D eigenvalue weighted by Gasteiger charge is 2.47. The number of pyridine rings is 1. The van der Waals surface area contributed by atoms with Crippen molar-refractivity contribution < 1.29 is 18.4 Å². The van der Waals surface area contributed by atoms with E-state index in [-0.39, 0.29) is 11.2 Å². The van der Waals surface area contributed by atoms with Gasteiger partial charge < -0.3 is 14.0 Å². The third-order valence-corrected chi connectivity index (χ3v) is 3.07. The summed E-state index contributed by atoms with van der Waals surface area (Å²) in [6.07, 6.45) is 1.14. The van der Waals surface area contributed by atoms with Crippen LogP contribution in [0, 0.1) is 11.2 Å². The molecule has 3 fully saturated rings. The maximum atomic E-state index is 12.8. The van der Waals surface area contributed by atoms with Crippen molar-refractivity contribution in [3.8, 4) is 0 Å². The quantitative estimate of drug-likeness (QED) is 0.649. The second kappa shape index (κ2) is 3.26. The third-order valence-electron chi connectivity index (χ3n) is 3.07. The van der Waals surface area contributed by atoms with Gasteiger partial charge in [0.2, 0.25) is 0 Å². The van der Waals surface area contributed by atoms with E-state index in [0.717, 1.165) is 6.20 Å². The molecule has 0 unspecified atom stereocenters. The first-order valence-electron chi connectivity index (χ1n) is 5.29. The lowest BCUT2D eigenvalue weighted by atomic mass is 9.67. The fourth-order valence-corrected chi connectivity index (χ4v) is 2.05. The molecule has 0 aliphatic carbocycles. The Hall–Kier alpha value is -0.975. The van der Waals surface area contributed by atoms with Crippen LogP contribution in [0.25, 0.3) is 0 Å². The van der Waals surface area contributed by atoms with Gasteiger partial charge >= 0.3 is 6.75 Å². The van der Waals surface area contributed by atoms with Crippen LogP contribution in [0.2, 0.25) is 0 Å². The summed E-state index contributed by atoms with van der Waals surface area (Å²) < 4.78 is 29.7. The molecule has 1 aromatic rings. The molecule has 0 amide bonds. The minimum atomic E-state index is -1.94. The highest BCUT2D eigenvalue weighted by Crippen LogP contribution is 2.34. The molecule has 16 heavy (non-hydrogen) atoms. The zero-order valence-corrected chi connectivity index (χ0v) is 8.98. The molecule has 0 N–H and O–H groups in total. The molecule has 0 radical (unpaired) electrons. The lowest BCUT2D eigenvalue weighted by molar-refractivity contribution is -0.119. The molecule has 3 aliphatic rings. The molecule has 3 aliphatic heterocycles. The van der Waals surface area contributed by atoms with Crippen molar-refractivity contribution in [2.24, 2.45) is 5.41 Å². The summed E-state index contributed by atoms with van der Waals surface area (Å²) in [7, 11) is 0. The predicted molar refractivity (Wildman–Crippen MR) is 55.5 cm³/mol. The molecule has 0 atom stereocenters. The second-order valence-corrected chi connectivity index (χ2v) is 4.79. The van der Waals surface area contributed by atoms with Gasteiger partial charge in [0.05, 0.1) is 6.20 Å². The van der Waals surface area contributed by atoms with Crippen molar-refractivity contribution in [1.82, 2.24) is 4.98 Å². The van der Waals surface area contributed by atoms with Gasteiger partial charge in [-0.15, -0.1) is 0 Å². The Bertz CT molecular complexity index is 387. The highest BCUT2D eigenvalue weighted by molar-refractivity contribution is 6.74. The summed E-state index contributed by atoms with van der Waals surface area (Å²) in [6.45, 7) is 1.87. The largest absolute Gasteiger partial charge is 0.539 e. The van der Waals surface area contributed by atoms with Crippen molar-refractivity contribution in [3.05, 3.63) is 24.1 Å². The van der Waals surface area contributed by atoms with E-state index >= 15 is 0 Å². The van der Waals surface area contributed by atoms with Crippen molar-refractivity contribution in [3.63, 3.8) is 0 Å². The average Bonchev–Trinajstić information content (AvgIpc) is 2.31. The number of hydrogen-bond acceptors (Lipinski definition) is 4.